The first-order chi connectivity index (χ1) is 15.7. The second kappa shape index (κ2) is 12.1. The lowest BCUT2D eigenvalue weighted by atomic mass is 9.79. The van der Waals surface area contributed by atoms with Crippen LogP contribution in [0.4, 0.5) is 5.69 Å². The van der Waals surface area contributed by atoms with Crippen LogP contribution in [0.3, 0.4) is 0 Å². The molecule has 0 bridgehead atoms. The first-order valence-corrected chi connectivity index (χ1v) is 11.6. The summed E-state index contributed by atoms with van der Waals surface area (Å²) >= 11 is 0. The third-order valence-corrected chi connectivity index (χ3v) is 5.65. The van der Waals surface area contributed by atoms with Crippen molar-refractivity contribution in [2.24, 2.45) is 16.5 Å². The lowest BCUT2D eigenvalue weighted by molar-refractivity contribution is 0.0952. The molecule has 7 nitrogen and oxygen atoms in total. The SMILES string of the molecule is CN(C(=O)c1cc(C(C)(C)C)cc(C(C)(C)C)c1)c1ccc(C(=O)NCCCN=C(N)N)cc1.Cl. The third-order valence-electron chi connectivity index (χ3n) is 5.65. The molecule has 0 unspecified atom stereocenters. The molecule has 2 aromatic rings. The van der Waals surface area contributed by atoms with Crippen LogP contribution in [0.5, 0.6) is 0 Å². The highest BCUT2D eigenvalue weighted by atomic mass is 35.5. The Bertz CT molecular complexity index is 1010. The number of guanidine groups is 1. The monoisotopic (exact) mass is 501 g/mol. The fourth-order valence-corrected chi connectivity index (χ4v) is 3.36. The number of hydrogen-bond acceptors (Lipinski definition) is 3. The van der Waals surface area contributed by atoms with Gasteiger partial charge in [-0.2, -0.15) is 0 Å². The van der Waals surface area contributed by atoms with Crippen LogP contribution in [0.15, 0.2) is 47.5 Å². The Morgan fingerprint density at radius 1 is 0.886 bits per heavy atom. The minimum atomic E-state index is -0.182. The molecular weight excluding hydrogens is 462 g/mol. The van der Waals surface area contributed by atoms with Crippen molar-refractivity contribution in [2.75, 3.05) is 25.0 Å². The number of nitrogens with one attached hydrogen (secondary N) is 1. The Balaban J connectivity index is 0.00000612. The Kier molecular flexibility index (Phi) is 10.3. The predicted octanol–water partition coefficient (Wildman–Crippen LogP) is 4.37. The zero-order chi connectivity index (χ0) is 25.7. The van der Waals surface area contributed by atoms with Gasteiger partial charge in [0.2, 0.25) is 0 Å². The van der Waals surface area contributed by atoms with Crippen molar-refractivity contribution in [3.63, 3.8) is 0 Å². The molecule has 192 valence electrons. The molecule has 0 aliphatic carbocycles. The highest BCUT2D eigenvalue weighted by Gasteiger charge is 2.24. The van der Waals surface area contributed by atoms with Gasteiger partial charge in [-0.05, 0) is 64.8 Å². The van der Waals surface area contributed by atoms with Gasteiger partial charge in [0.25, 0.3) is 11.8 Å². The van der Waals surface area contributed by atoms with Crippen molar-refractivity contribution >= 4 is 35.9 Å². The van der Waals surface area contributed by atoms with Crippen LogP contribution in [0.2, 0.25) is 0 Å². The molecule has 35 heavy (non-hydrogen) atoms. The Labute approximate surface area is 215 Å². The van der Waals surface area contributed by atoms with Crippen LogP contribution < -0.4 is 21.7 Å². The number of rotatable bonds is 7. The van der Waals surface area contributed by atoms with Gasteiger partial charge >= 0.3 is 0 Å². The summed E-state index contributed by atoms with van der Waals surface area (Å²) in [5.74, 6) is -0.230. The van der Waals surface area contributed by atoms with E-state index in [0.29, 0.717) is 36.3 Å². The van der Waals surface area contributed by atoms with E-state index in [1.807, 2.05) is 12.1 Å². The van der Waals surface area contributed by atoms with E-state index in [2.05, 4.69) is 57.9 Å². The zero-order valence-electron chi connectivity index (χ0n) is 21.9. The van der Waals surface area contributed by atoms with E-state index in [-0.39, 0.29) is 41.0 Å². The molecular formula is C27H40ClN5O2. The Morgan fingerprint density at radius 2 is 1.40 bits per heavy atom. The molecule has 0 fully saturated rings. The number of amides is 2. The van der Waals surface area contributed by atoms with Crippen molar-refractivity contribution in [1.29, 1.82) is 0 Å². The van der Waals surface area contributed by atoms with Gasteiger partial charge in [0.1, 0.15) is 0 Å². The fraction of sp³-hybridized carbons (Fsp3) is 0.444. The lowest BCUT2D eigenvalue weighted by Crippen LogP contribution is -2.28. The van der Waals surface area contributed by atoms with Crippen molar-refractivity contribution in [2.45, 2.75) is 58.8 Å². The third kappa shape index (κ3) is 8.58. The van der Waals surface area contributed by atoms with Crippen molar-refractivity contribution in [3.05, 3.63) is 64.7 Å². The number of carbonyl (C=O) groups excluding carboxylic acids is 2. The van der Waals surface area contributed by atoms with Gasteiger partial charge in [0.15, 0.2) is 5.96 Å². The average Bonchev–Trinajstić information content (AvgIpc) is 2.76. The molecule has 5 N–H and O–H groups in total. The maximum absolute atomic E-state index is 13.4. The normalized spacial score (nSPS) is 11.3. The minimum absolute atomic E-state index is 0. The van der Waals surface area contributed by atoms with Gasteiger partial charge < -0.3 is 21.7 Å². The topological polar surface area (TPSA) is 114 Å². The van der Waals surface area contributed by atoms with Gasteiger partial charge in [-0.3, -0.25) is 14.6 Å². The predicted molar refractivity (Wildman–Crippen MR) is 148 cm³/mol. The van der Waals surface area contributed by atoms with Crippen LogP contribution >= 0.6 is 12.4 Å². The molecule has 2 amide bonds. The number of benzene rings is 2. The number of nitrogens with two attached hydrogens (primary N) is 2. The maximum Gasteiger partial charge on any atom is 0.258 e. The highest BCUT2D eigenvalue weighted by Crippen LogP contribution is 2.31. The first kappa shape index (κ1) is 30.0. The van der Waals surface area contributed by atoms with Gasteiger partial charge in [0.05, 0.1) is 0 Å². The van der Waals surface area contributed by atoms with Crippen molar-refractivity contribution < 1.29 is 9.59 Å². The van der Waals surface area contributed by atoms with Crippen LogP contribution in [0.1, 0.15) is 79.8 Å². The molecule has 0 saturated heterocycles. The van der Waals surface area contributed by atoms with Crippen molar-refractivity contribution in [3.8, 4) is 0 Å². The second-order valence-electron chi connectivity index (χ2n) is 10.6. The quantitative estimate of drug-likeness (QED) is 0.297. The summed E-state index contributed by atoms with van der Waals surface area (Å²) in [6, 6.07) is 13.2. The van der Waals surface area contributed by atoms with Crippen molar-refractivity contribution in [1.82, 2.24) is 5.32 Å². The molecule has 8 heteroatoms. The number of nitrogens with zero attached hydrogens (tertiary/aromatic N) is 2. The Morgan fingerprint density at radius 3 is 1.86 bits per heavy atom. The van der Waals surface area contributed by atoms with E-state index in [9.17, 15) is 9.59 Å². The number of hydrogen-bond donors (Lipinski definition) is 3. The van der Waals surface area contributed by atoms with E-state index in [4.69, 9.17) is 11.5 Å². The van der Waals surface area contributed by atoms with Gasteiger partial charge in [0, 0.05) is 37.0 Å². The van der Waals surface area contributed by atoms with E-state index >= 15 is 0 Å². The van der Waals surface area contributed by atoms with Crippen LogP contribution in [-0.4, -0.2) is 37.9 Å². The highest BCUT2D eigenvalue weighted by molar-refractivity contribution is 6.06. The van der Waals surface area contributed by atoms with Crippen LogP contribution in [-0.2, 0) is 10.8 Å². The van der Waals surface area contributed by atoms with Crippen LogP contribution in [0, 0.1) is 0 Å². The van der Waals surface area contributed by atoms with Gasteiger partial charge in [-0.15, -0.1) is 12.4 Å². The number of anilines is 1. The largest absolute Gasteiger partial charge is 0.370 e. The molecule has 0 saturated carbocycles. The molecule has 0 aliphatic heterocycles. The average molecular weight is 502 g/mol. The fourth-order valence-electron chi connectivity index (χ4n) is 3.36. The molecule has 0 heterocycles. The first-order valence-electron chi connectivity index (χ1n) is 11.6. The molecule has 0 aliphatic rings. The van der Waals surface area contributed by atoms with E-state index in [1.165, 1.54) is 0 Å². The summed E-state index contributed by atoms with van der Waals surface area (Å²) in [7, 11) is 1.75. The lowest BCUT2D eigenvalue weighted by Gasteiger charge is -2.27. The summed E-state index contributed by atoms with van der Waals surface area (Å²) in [5.41, 5.74) is 14.6. The second-order valence-corrected chi connectivity index (χ2v) is 10.6. The zero-order valence-corrected chi connectivity index (χ0v) is 22.8. The standard InChI is InChI=1S/C27H39N5O2.ClH/c1-26(2,3)20-15-19(16-21(17-20)27(4,5)6)24(34)32(7)22-11-9-18(10-12-22)23(33)30-13-8-14-31-25(28)29;/h9-12,15-17H,8,13-14H2,1-7H3,(H,30,33)(H4,28,29,31);1H. The number of halogens is 1. The van der Waals surface area contributed by atoms with E-state index in [1.54, 1.807) is 36.2 Å². The molecule has 2 rings (SSSR count). The molecule has 0 spiro atoms. The minimum Gasteiger partial charge on any atom is -0.370 e. The smallest absolute Gasteiger partial charge is 0.258 e. The molecule has 2 aromatic carbocycles. The molecule has 0 aromatic heterocycles. The van der Waals surface area contributed by atoms with E-state index < -0.39 is 0 Å². The van der Waals surface area contributed by atoms with E-state index in [0.717, 1.165) is 11.1 Å². The summed E-state index contributed by atoms with van der Waals surface area (Å²) < 4.78 is 0. The summed E-state index contributed by atoms with van der Waals surface area (Å²) in [6.45, 7) is 13.8. The summed E-state index contributed by atoms with van der Waals surface area (Å²) in [5, 5.41) is 2.84. The summed E-state index contributed by atoms with van der Waals surface area (Å²) in [4.78, 5) is 31.3. The maximum atomic E-state index is 13.4. The molecule has 0 radical (unpaired) electrons. The van der Waals surface area contributed by atoms with Crippen LogP contribution in [0.25, 0.3) is 0 Å². The van der Waals surface area contributed by atoms with Gasteiger partial charge in [-0.1, -0.05) is 47.6 Å². The molecule has 0 atom stereocenters. The number of carbonyl (C=O) groups is 2. The Hall–Kier alpha value is -3.06. The van der Waals surface area contributed by atoms with Gasteiger partial charge in [-0.25, -0.2) is 0 Å². The summed E-state index contributed by atoms with van der Waals surface area (Å²) in [6.07, 6.45) is 0.642. The number of aliphatic imine (C=N–C) groups is 1.